The highest BCUT2D eigenvalue weighted by Crippen LogP contribution is 2.29. The fourth-order valence-electron chi connectivity index (χ4n) is 2.69. The molecule has 0 unspecified atom stereocenters. The number of methoxy groups -OCH3 is 1. The molecule has 2 rings (SSSR count). The molecule has 0 N–H and O–H groups in total. The van der Waals surface area contributed by atoms with Gasteiger partial charge in [-0.2, -0.15) is 0 Å². The third-order valence-electron chi connectivity index (χ3n) is 4.53. The first kappa shape index (κ1) is 22.6. The van der Waals surface area contributed by atoms with Crippen LogP contribution >= 0.6 is 0 Å². The fourth-order valence-corrected chi connectivity index (χ4v) is 2.69. The number of rotatable bonds is 8. The zero-order chi connectivity index (χ0) is 21.6. The molecule has 0 saturated carbocycles. The van der Waals surface area contributed by atoms with Gasteiger partial charge in [0.25, 0.3) is 0 Å². The zero-order valence-electron chi connectivity index (χ0n) is 18.1. The SMILES string of the molecule is COc1ccc(C(=O)/C=C/c2cc(C(C)(C)C)ccc2OCCN(C)C)c(F)c1. The number of likely N-dealkylation sites (N-methyl/N-ethyl adjacent to an activating group) is 1. The molecule has 2 aromatic rings. The lowest BCUT2D eigenvalue weighted by Gasteiger charge is -2.21. The minimum Gasteiger partial charge on any atom is -0.497 e. The van der Waals surface area contributed by atoms with Crippen molar-refractivity contribution in [1.29, 1.82) is 0 Å². The smallest absolute Gasteiger partial charge is 0.188 e. The molecular weight excluding hydrogens is 369 g/mol. The van der Waals surface area contributed by atoms with Gasteiger partial charge in [-0.3, -0.25) is 4.79 Å². The van der Waals surface area contributed by atoms with Crippen molar-refractivity contribution < 1.29 is 18.7 Å². The third kappa shape index (κ3) is 6.43. The van der Waals surface area contributed by atoms with Crippen LogP contribution in [0.15, 0.2) is 42.5 Å². The maximum Gasteiger partial charge on any atom is 0.188 e. The Labute approximate surface area is 172 Å². The van der Waals surface area contributed by atoms with E-state index in [1.165, 1.54) is 25.3 Å². The minimum absolute atomic E-state index is 0.00380. The average molecular weight is 400 g/mol. The van der Waals surface area contributed by atoms with E-state index in [-0.39, 0.29) is 11.0 Å². The lowest BCUT2D eigenvalue weighted by atomic mass is 9.86. The number of hydrogen-bond donors (Lipinski definition) is 0. The van der Waals surface area contributed by atoms with E-state index in [9.17, 15) is 9.18 Å². The predicted octanol–water partition coefficient (Wildman–Crippen LogP) is 4.97. The van der Waals surface area contributed by atoms with Gasteiger partial charge in [0.2, 0.25) is 0 Å². The summed E-state index contributed by atoms with van der Waals surface area (Å²) in [4.78, 5) is 14.6. The van der Waals surface area contributed by atoms with Crippen molar-refractivity contribution in [3.63, 3.8) is 0 Å². The molecule has 0 fully saturated rings. The maximum absolute atomic E-state index is 14.2. The molecule has 0 atom stereocenters. The van der Waals surface area contributed by atoms with E-state index in [4.69, 9.17) is 9.47 Å². The Balaban J connectivity index is 2.31. The highest BCUT2D eigenvalue weighted by Gasteiger charge is 2.16. The number of carbonyl (C=O) groups is 1. The van der Waals surface area contributed by atoms with E-state index in [0.717, 1.165) is 17.7 Å². The van der Waals surface area contributed by atoms with Crippen molar-refractivity contribution in [3.05, 3.63) is 65.0 Å². The standard InChI is InChI=1S/C24H30FNO3/c1-24(2,3)18-8-12-23(29-14-13-26(4)5)17(15-18)7-11-22(27)20-10-9-19(28-6)16-21(20)25/h7-12,15-16H,13-14H2,1-6H3/b11-7+. The van der Waals surface area contributed by atoms with Gasteiger partial charge >= 0.3 is 0 Å². The van der Waals surface area contributed by atoms with E-state index >= 15 is 0 Å². The molecule has 0 aliphatic rings. The molecule has 0 spiro atoms. The van der Waals surface area contributed by atoms with Gasteiger partial charge in [-0.15, -0.1) is 0 Å². The zero-order valence-corrected chi connectivity index (χ0v) is 18.1. The molecule has 5 heteroatoms. The van der Waals surface area contributed by atoms with Gasteiger partial charge in [-0.25, -0.2) is 4.39 Å². The van der Waals surface area contributed by atoms with Crippen LogP contribution in [0.2, 0.25) is 0 Å². The molecule has 0 heterocycles. The number of carbonyl (C=O) groups excluding carboxylic acids is 1. The summed E-state index contributed by atoms with van der Waals surface area (Å²) >= 11 is 0. The van der Waals surface area contributed by atoms with Gasteiger partial charge < -0.3 is 14.4 Å². The van der Waals surface area contributed by atoms with Crippen molar-refractivity contribution in [3.8, 4) is 11.5 Å². The monoisotopic (exact) mass is 399 g/mol. The van der Waals surface area contributed by atoms with Crippen molar-refractivity contribution in [1.82, 2.24) is 4.90 Å². The van der Waals surface area contributed by atoms with Gasteiger partial charge in [-0.05, 0) is 61.5 Å². The number of hydrogen-bond acceptors (Lipinski definition) is 4. The minimum atomic E-state index is -0.607. The number of benzene rings is 2. The summed E-state index contributed by atoms with van der Waals surface area (Å²) < 4.78 is 25.1. The largest absolute Gasteiger partial charge is 0.497 e. The first-order chi connectivity index (χ1) is 13.6. The van der Waals surface area contributed by atoms with Gasteiger partial charge in [-0.1, -0.05) is 26.8 Å². The lowest BCUT2D eigenvalue weighted by Crippen LogP contribution is -2.19. The Bertz CT molecular complexity index is 882. The second-order valence-electron chi connectivity index (χ2n) is 8.20. The number of ether oxygens (including phenoxy) is 2. The van der Waals surface area contributed by atoms with Crippen LogP contribution in [0.25, 0.3) is 6.08 Å². The van der Waals surface area contributed by atoms with Crippen LogP contribution in [0.4, 0.5) is 4.39 Å². The summed E-state index contributed by atoms with van der Waals surface area (Å²) in [5, 5.41) is 0. The molecule has 0 amide bonds. The normalized spacial score (nSPS) is 11.9. The molecule has 4 nitrogen and oxygen atoms in total. The van der Waals surface area contributed by atoms with E-state index in [2.05, 4.69) is 20.8 Å². The highest BCUT2D eigenvalue weighted by molar-refractivity contribution is 6.07. The van der Waals surface area contributed by atoms with Crippen LogP contribution < -0.4 is 9.47 Å². The Morgan fingerprint density at radius 3 is 2.45 bits per heavy atom. The molecule has 0 aliphatic heterocycles. The molecule has 0 saturated heterocycles. The lowest BCUT2D eigenvalue weighted by molar-refractivity contribution is 0.104. The van der Waals surface area contributed by atoms with Crippen LogP contribution in [0.1, 0.15) is 42.3 Å². The number of allylic oxidation sites excluding steroid dienone is 1. The number of ketones is 1. The van der Waals surface area contributed by atoms with Crippen LogP contribution in [0.5, 0.6) is 11.5 Å². The van der Waals surface area contributed by atoms with E-state index in [0.29, 0.717) is 18.1 Å². The highest BCUT2D eigenvalue weighted by atomic mass is 19.1. The summed E-state index contributed by atoms with van der Waals surface area (Å²) in [5.41, 5.74) is 1.87. The Kier molecular flexibility index (Phi) is 7.57. The van der Waals surface area contributed by atoms with Crippen LogP contribution in [-0.4, -0.2) is 45.0 Å². The summed E-state index contributed by atoms with van der Waals surface area (Å²) in [6.45, 7) is 7.69. The van der Waals surface area contributed by atoms with Crippen LogP contribution in [0.3, 0.4) is 0 Å². The average Bonchev–Trinajstić information content (AvgIpc) is 2.65. The number of nitrogens with zero attached hydrogens (tertiary/aromatic N) is 1. The second kappa shape index (κ2) is 9.70. The van der Waals surface area contributed by atoms with Crippen LogP contribution in [0, 0.1) is 5.82 Å². The summed E-state index contributed by atoms with van der Waals surface area (Å²) in [5.74, 6) is 0.0482. The molecule has 0 aliphatic carbocycles. The predicted molar refractivity (Wildman–Crippen MR) is 116 cm³/mol. The first-order valence-electron chi connectivity index (χ1n) is 9.60. The van der Waals surface area contributed by atoms with E-state index in [1.807, 2.05) is 37.2 Å². The Hall–Kier alpha value is -2.66. The van der Waals surface area contributed by atoms with Crippen molar-refractivity contribution >= 4 is 11.9 Å². The molecule has 2 aromatic carbocycles. The maximum atomic E-state index is 14.2. The van der Waals surface area contributed by atoms with Gasteiger partial charge in [0.05, 0.1) is 12.7 Å². The van der Waals surface area contributed by atoms with Crippen molar-refractivity contribution in [2.45, 2.75) is 26.2 Å². The fraction of sp³-hybridized carbons (Fsp3) is 0.375. The van der Waals surface area contributed by atoms with Gasteiger partial charge in [0, 0.05) is 18.2 Å². The van der Waals surface area contributed by atoms with E-state index < -0.39 is 11.6 Å². The van der Waals surface area contributed by atoms with Gasteiger partial charge in [0.15, 0.2) is 5.78 Å². The topological polar surface area (TPSA) is 38.8 Å². The Morgan fingerprint density at radius 1 is 1.14 bits per heavy atom. The quantitative estimate of drug-likeness (QED) is 0.464. The number of halogens is 1. The Morgan fingerprint density at radius 2 is 1.86 bits per heavy atom. The summed E-state index contributed by atoms with van der Waals surface area (Å²) in [6, 6.07) is 10.2. The van der Waals surface area contributed by atoms with Crippen molar-refractivity contribution in [2.24, 2.45) is 0 Å². The summed E-state index contributed by atoms with van der Waals surface area (Å²) in [6.07, 6.45) is 3.07. The molecular formula is C24H30FNO3. The van der Waals surface area contributed by atoms with Crippen molar-refractivity contribution in [2.75, 3.05) is 34.4 Å². The molecule has 0 bridgehead atoms. The van der Waals surface area contributed by atoms with Crippen LogP contribution in [-0.2, 0) is 5.41 Å². The molecule has 29 heavy (non-hydrogen) atoms. The molecule has 0 radical (unpaired) electrons. The van der Waals surface area contributed by atoms with E-state index in [1.54, 1.807) is 12.1 Å². The third-order valence-corrected chi connectivity index (χ3v) is 4.53. The molecule has 156 valence electrons. The first-order valence-corrected chi connectivity index (χ1v) is 9.60. The summed E-state index contributed by atoms with van der Waals surface area (Å²) in [7, 11) is 5.42. The molecule has 0 aromatic heterocycles. The van der Waals surface area contributed by atoms with Gasteiger partial charge in [0.1, 0.15) is 23.9 Å². The second-order valence-corrected chi connectivity index (χ2v) is 8.20.